The van der Waals surface area contributed by atoms with E-state index in [1.807, 2.05) is 9.80 Å². The smallest absolute Gasteiger partial charge is 0.238 e. The van der Waals surface area contributed by atoms with Gasteiger partial charge in [0, 0.05) is 45.3 Å². The lowest BCUT2D eigenvalue weighted by molar-refractivity contribution is -0.137. The molecule has 0 aromatic heterocycles. The minimum absolute atomic E-state index is 0.0984. The van der Waals surface area contributed by atoms with Crippen molar-refractivity contribution in [3.8, 4) is 0 Å². The third kappa shape index (κ3) is 5.69. The molecule has 0 saturated carbocycles. The first-order chi connectivity index (χ1) is 13.0. The van der Waals surface area contributed by atoms with E-state index in [-0.39, 0.29) is 18.1 Å². The van der Waals surface area contributed by atoms with Crippen molar-refractivity contribution in [3.05, 3.63) is 29.8 Å². The summed E-state index contributed by atoms with van der Waals surface area (Å²) in [5.74, 6) is -1.56. The molecule has 2 saturated heterocycles. The molecule has 0 atom stereocenters. The largest absolute Gasteiger partial charge is 0.378 e. The Balaban J connectivity index is 1.40. The van der Waals surface area contributed by atoms with Gasteiger partial charge in [-0.05, 0) is 12.1 Å². The van der Waals surface area contributed by atoms with Crippen LogP contribution in [0.5, 0.6) is 0 Å². The molecule has 2 aliphatic rings. The predicted octanol–water partition coefficient (Wildman–Crippen LogP) is 0.380. The highest BCUT2D eigenvalue weighted by Gasteiger charge is 2.24. The molecule has 0 spiro atoms. The highest BCUT2D eigenvalue weighted by Crippen LogP contribution is 2.15. The maximum absolute atomic E-state index is 13.6. The molecule has 0 bridgehead atoms. The summed E-state index contributed by atoms with van der Waals surface area (Å²) in [4.78, 5) is 30.2. The van der Waals surface area contributed by atoms with Crippen molar-refractivity contribution in [3.63, 3.8) is 0 Å². The normalized spacial score (nSPS) is 19.1. The lowest BCUT2D eigenvalue weighted by Crippen LogP contribution is -2.52. The number of piperazine rings is 1. The van der Waals surface area contributed by atoms with Crippen LogP contribution >= 0.6 is 0 Å². The number of ether oxygens (including phenoxy) is 1. The van der Waals surface area contributed by atoms with Crippen LogP contribution in [0.15, 0.2) is 18.2 Å². The maximum atomic E-state index is 13.6. The number of amides is 2. The molecule has 1 aromatic rings. The monoisotopic (exact) mass is 382 g/mol. The molecule has 0 unspecified atom stereocenters. The van der Waals surface area contributed by atoms with Crippen LogP contribution in [0, 0.1) is 11.6 Å². The van der Waals surface area contributed by atoms with Crippen LogP contribution in [-0.2, 0) is 14.3 Å². The summed E-state index contributed by atoms with van der Waals surface area (Å²) < 4.78 is 32.0. The Morgan fingerprint density at radius 1 is 0.963 bits per heavy atom. The van der Waals surface area contributed by atoms with E-state index in [9.17, 15) is 18.4 Å². The minimum atomic E-state index is -0.670. The summed E-state index contributed by atoms with van der Waals surface area (Å²) in [6, 6.07) is 2.94. The number of nitrogens with one attached hydrogen (secondary N) is 1. The number of anilines is 1. The van der Waals surface area contributed by atoms with Crippen LogP contribution < -0.4 is 5.32 Å². The molecule has 2 aliphatic heterocycles. The fourth-order valence-corrected chi connectivity index (χ4v) is 3.20. The van der Waals surface area contributed by atoms with E-state index < -0.39 is 17.5 Å². The highest BCUT2D eigenvalue weighted by molar-refractivity contribution is 5.92. The number of carbonyl (C=O) groups is 2. The first-order valence-electron chi connectivity index (χ1n) is 9.06. The zero-order valence-electron chi connectivity index (χ0n) is 15.1. The molecule has 1 aromatic carbocycles. The van der Waals surface area contributed by atoms with Gasteiger partial charge in [-0.1, -0.05) is 0 Å². The number of benzene rings is 1. The van der Waals surface area contributed by atoms with Gasteiger partial charge in [-0.3, -0.25) is 19.4 Å². The van der Waals surface area contributed by atoms with Gasteiger partial charge in [0.2, 0.25) is 11.8 Å². The van der Waals surface area contributed by atoms with Gasteiger partial charge in [-0.15, -0.1) is 0 Å². The van der Waals surface area contributed by atoms with Crippen molar-refractivity contribution >= 4 is 17.5 Å². The number of carbonyl (C=O) groups excluding carboxylic acids is 2. The van der Waals surface area contributed by atoms with Crippen molar-refractivity contribution in [2.24, 2.45) is 0 Å². The van der Waals surface area contributed by atoms with E-state index in [1.165, 1.54) is 0 Å². The van der Waals surface area contributed by atoms with E-state index in [1.54, 1.807) is 0 Å². The Hall–Kier alpha value is -2.10. The molecule has 9 heteroatoms. The summed E-state index contributed by atoms with van der Waals surface area (Å²) in [6.07, 6.45) is 0. The summed E-state index contributed by atoms with van der Waals surface area (Å²) in [5, 5.41) is 2.40. The zero-order chi connectivity index (χ0) is 19.2. The molecule has 0 aliphatic carbocycles. The van der Waals surface area contributed by atoms with Gasteiger partial charge in [0.25, 0.3) is 0 Å². The Bertz CT molecular complexity index is 675. The molecular weight excluding hydrogens is 358 g/mol. The Kier molecular flexibility index (Phi) is 6.70. The fourth-order valence-electron chi connectivity index (χ4n) is 3.20. The second-order valence-corrected chi connectivity index (χ2v) is 6.72. The molecule has 27 heavy (non-hydrogen) atoms. The Morgan fingerprint density at radius 3 is 2.26 bits per heavy atom. The number of morpholine rings is 1. The first kappa shape index (κ1) is 19.7. The number of hydrogen-bond acceptors (Lipinski definition) is 5. The fraction of sp³-hybridized carbons (Fsp3) is 0.556. The molecule has 0 radical (unpaired) electrons. The molecule has 2 heterocycles. The van der Waals surface area contributed by atoms with Gasteiger partial charge in [0.05, 0.1) is 32.0 Å². The van der Waals surface area contributed by atoms with Crippen LogP contribution in [0.1, 0.15) is 0 Å². The summed E-state index contributed by atoms with van der Waals surface area (Å²) >= 11 is 0. The summed E-state index contributed by atoms with van der Waals surface area (Å²) in [6.45, 7) is 5.53. The molecule has 3 rings (SSSR count). The minimum Gasteiger partial charge on any atom is -0.378 e. The van der Waals surface area contributed by atoms with Crippen LogP contribution in [0.25, 0.3) is 0 Å². The second-order valence-electron chi connectivity index (χ2n) is 6.72. The first-order valence-corrected chi connectivity index (χ1v) is 9.06. The van der Waals surface area contributed by atoms with Crippen LogP contribution in [0.3, 0.4) is 0 Å². The number of halogens is 2. The highest BCUT2D eigenvalue weighted by atomic mass is 19.1. The van der Waals surface area contributed by atoms with E-state index in [4.69, 9.17) is 4.74 Å². The molecule has 7 nitrogen and oxygen atoms in total. The molecule has 1 N–H and O–H groups in total. The maximum Gasteiger partial charge on any atom is 0.238 e. The average molecular weight is 382 g/mol. The van der Waals surface area contributed by atoms with Crippen molar-refractivity contribution in [2.45, 2.75) is 0 Å². The SMILES string of the molecule is O=C(CN1CCN(CC(=O)N2CCOCC2)CC1)Nc1cc(F)ccc1F. The second kappa shape index (κ2) is 9.20. The number of hydrogen-bond donors (Lipinski definition) is 1. The quantitative estimate of drug-likeness (QED) is 0.798. The molecule has 2 amide bonds. The Morgan fingerprint density at radius 2 is 1.59 bits per heavy atom. The Labute approximate surface area is 156 Å². The molecule has 2 fully saturated rings. The van der Waals surface area contributed by atoms with E-state index in [0.29, 0.717) is 59.0 Å². The standard InChI is InChI=1S/C18H24F2N4O3/c19-14-1-2-15(20)16(11-14)21-17(25)12-22-3-5-23(6-4-22)13-18(26)24-7-9-27-10-8-24/h1-2,11H,3-10,12-13H2,(H,21,25). The van der Waals surface area contributed by atoms with Gasteiger partial charge in [0.1, 0.15) is 11.6 Å². The predicted molar refractivity (Wildman–Crippen MR) is 95.3 cm³/mol. The molecular formula is C18H24F2N4O3. The van der Waals surface area contributed by atoms with Gasteiger partial charge >= 0.3 is 0 Å². The van der Waals surface area contributed by atoms with Crippen LogP contribution in [0.2, 0.25) is 0 Å². The summed E-state index contributed by atoms with van der Waals surface area (Å²) in [5.41, 5.74) is -0.158. The topological polar surface area (TPSA) is 65.1 Å². The van der Waals surface area contributed by atoms with Gasteiger partial charge in [-0.25, -0.2) is 8.78 Å². The van der Waals surface area contributed by atoms with Crippen molar-refractivity contribution < 1.29 is 23.1 Å². The van der Waals surface area contributed by atoms with Crippen molar-refractivity contribution in [2.75, 3.05) is 70.9 Å². The van der Waals surface area contributed by atoms with Crippen LogP contribution in [0.4, 0.5) is 14.5 Å². The van der Waals surface area contributed by atoms with E-state index >= 15 is 0 Å². The third-order valence-electron chi connectivity index (χ3n) is 4.76. The average Bonchev–Trinajstić information content (AvgIpc) is 2.67. The van der Waals surface area contributed by atoms with Crippen molar-refractivity contribution in [1.82, 2.24) is 14.7 Å². The van der Waals surface area contributed by atoms with Crippen LogP contribution in [-0.4, -0.2) is 92.1 Å². The zero-order valence-corrected chi connectivity index (χ0v) is 15.1. The lowest BCUT2D eigenvalue weighted by Gasteiger charge is -2.35. The van der Waals surface area contributed by atoms with Gasteiger partial charge in [-0.2, -0.15) is 0 Å². The van der Waals surface area contributed by atoms with E-state index in [0.717, 1.165) is 18.2 Å². The van der Waals surface area contributed by atoms with Gasteiger partial charge in [0.15, 0.2) is 0 Å². The number of rotatable bonds is 5. The third-order valence-corrected chi connectivity index (χ3v) is 4.76. The molecule has 148 valence electrons. The van der Waals surface area contributed by atoms with E-state index in [2.05, 4.69) is 10.2 Å². The van der Waals surface area contributed by atoms with Gasteiger partial charge < -0.3 is 15.0 Å². The van der Waals surface area contributed by atoms with Crippen molar-refractivity contribution in [1.29, 1.82) is 0 Å². The number of nitrogens with zero attached hydrogens (tertiary/aromatic N) is 3. The summed E-state index contributed by atoms with van der Waals surface area (Å²) in [7, 11) is 0. The lowest BCUT2D eigenvalue weighted by atomic mass is 10.2.